The first-order valence-electron chi connectivity index (χ1n) is 11.2. The third-order valence-electron chi connectivity index (χ3n) is 5.39. The quantitative estimate of drug-likeness (QED) is 0.533. The fraction of sp³-hybridized carbons (Fsp3) is 0.762. The smallest absolute Gasteiger partial charge is 0.412 e. The van der Waals surface area contributed by atoms with E-state index in [1.165, 1.54) is 0 Å². The summed E-state index contributed by atoms with van der Waals surface area (Å²) in [7, 11) is 0. The number of hydrogen-bond acceptors (Lipinski definition) is 8. The van der Waals surface area contributed by atoms with Gasteiger partial charge in [-0.3, -0.25) is 9.88 Å². The van der Waals surface area contributed by atoms with Crippen LogP contribution in [0.25, 0.3) is 0 Å². The molecule has 5 atom stereocenters. The zero-order valence-electron chi connectivity index (χ0n) is 19.0. The number of nitrogens with zero attached hydrogens (tertiary/aromatic N) is 2. The second-order valence-electron chi connectivity index (χ2n) is 7.88. The molecule has 2 saturated heterocycles. The van der Waals surface area contributed by atoms with Crippen molar-refractivity contribution in [1.82, 2.24) is 9.55 Å². The van der Waals surface area contributed by atoms with Crippen LogP contribution in [0, 0.1) is 5.82 Å². The molecule has 1 N–H and O–H groups in total. The van der Waals surface area contributed by atoms with Crippen LogP contribution < -0.4 is 11.0 Å². The van der Waals surface area contributed by atoms with Gasteiger partial charge in [0.05, 0.1) is 25.5 Å². The largest absolute Gasteiger partial charge is 0.449 e. The Morgan fingerprint density at radius 2 is 1.97 bits per heavy atom. The minimum Gasteiger partial charge on any atom is -0.449 e. The number of amides is 1. The lowest BCUT2D eigenvalue weighted by atomic mass is 10.1. The molecule has 2 fully saturated rings. The summed E-state index contributed by atoms with van der Waals surface area (Å²) in [6, 6.07) is 0. The van der Waals surface area contributed by atoms with Crippen LogP contribution in [-0.2, 0) is 23.7 Å². The monoisotopic (exact) mass is 457 g/mol. The van der Waals surface area contributed by atoms with Crippen molar-refractivity contribution in [2.45, 2.75) is 90.3 Å². The molecule has 10 nitrogen and oxygen atoms in total. The van der Waals surface area contributed by atoms with E-state index < -0.39 is 53.9 Å². The van der Waals surface area contributed by atoms with E-state index in [0.717, 1.165) is 30.0 Å². The number of hydrogen-bond donors (Lipinski definition) is 1. The molecule has 0 saturated carbocycles. The summed E-state index contributed by atoms with van der Waals surface area (Å²) in [6.45, 7) is 8.29. The van der Waals surface area contributed by atoms with E-state index in [1.807, 2.05) is 20.8 Å². The van der Waals surface area contributed by atoms with Gasteiger partial charge in [-0.05, 0) is 19.8 Å². The van der Waals surface area contributed by atoms with E-state index in [-0.39, 0.29) is 6.61 Å². The van der Waals surface area contributed by atoms with Crippen molar-refractivity contribution in [2.75, 3.05) is 18.5 Å². The van der Waals surface area contributed by atoms with E-state index in [9.17, 15) is 14.0 Å². The van der Waals surface area contributed by atoms with Crippen molar-refractivity contribution in [3.05, 3.63) is 22.5 Å². The molecule has 11 heteroatoms. The Morgan fingerprint density at radius 3 is 2.66 bits per heavy atom. The van der Waals surface area contributed by atoms with Crippen molar-refractivity contribution >= 4 is 11.9 Å². The van der Waals surface area contributed by atoms with Gasteiger partial charge in [0.1, 0.15) is 12.2 Å². The molecule has 0 aliphatic carbocycles. The highest BCUT2D eigenvalue weighted by Gasteiger charge is 2.58. The van der Waals surface area contributed by atoms with Gasteiger partial charge < -0.3 is 23.7 Å². The number of carbonyl (C=O) groups is 1. The van der Waals surface area contributed by atoms with Crippen LogP contribution >= 0.6 is 0 Å². The molecule has 1 aromatic rings. The molecule has 1 amide bonds. The highest BCUT2D eigenvalue weighted by atomic mass is 19.1. The molecular formula is C21H32FN3O7. The molecule has 3 heterocycles. The molecule has 0 radical (unpaired) electrons. The van der Waals surface area contributed by atoms with Gasteiger partial charge in [-0.15, -0.1) is 0 Å². The fourth-order valence-electron chi connectivity index (χ4n) is 3.72. The van der Waals surface area contributed by atoms with Crippen LogP contribution in [0.1, 0.15) is 66.0 Å². The van der Waals surface area contributed by atoms with Crippen LogP contribution in [0.5, 0.6) is 0 Å². The number of nitrogens with one attached hydrogen (secondary N) is 1. The van der Waals surface area contributed by atoms with Gasteiger partial charge in [0.15, 0.2) is 17.9 Å². The standard InChI is InChI=1S/C21H32FN3O7/c1-5-8-9-11-28-20(27)24-17-14(22)12-25(19(26)23-17)18-16-15(13(4)30-18)31-21(7-3,32-16)29-10-6-2/h12-13,15-16,18H,5-11H2,1-4H3,(H,23,24,26,27)/t13-,15-,16-,18-,21?/m1/s1. The molecule has 0 bridgehead atoms. The molecule has 0 spiro atoms. The third-order valence-corrected chi connectivity index (χ3v) is 5.39. The van der Waals surface area contributed by atoms with Crippen LogP contribution in [0.4, 0.5) is 15.0 Å². The lowest BCUT2D eigenvalue weighted by Gasteiger charge is -2.29. The highest BCUT2D eigenvalue weighted by Crippen LogP contribution is 2.44. The first-order valence-corrected chi connectivity index (χ1v) is 11.2. The average Bonchev–Trinajstić information content (AvgIpc) is 3.29. The molecule has 0 aromatic carbocycles. The van der Waals surface area contributed by atoms with Crippen LogP contribution in [-0.4, -0.2) is 53.1 Å². The molecule has 1 aromatic heterocycles. The topological polar surface area (TPSA) is 110 Å². The van der Waals surface area contributed by atoms with Gasteiger partial charge in [0.2, 0.25) is 0 Å². The molecule has 1 unspecified atom stereocenters. The Morgan fingerprint density at radius 1 is 1.22 bits per heavy atom. The third kappa shape index (κ3) is 5.28. The number of aromatic nitrogens is 2. The van der Waals surface area contributed by atoms with Crippen molar-refractivity contribution in [2.24, 2.45) is 0 Å². The van der Waals surface area contributed by atoms with Gasteiger partial charge in [0, 0.05) is 6.42 Å². The van der Waals surface area contributed by atoms with E-state index in [0.29, 0.717) is 19.4 Å². The van der Waals surface area contributed by atoms with E-state index in [2.05, 4.69) is 10.3 Å². The minimum absolute atomic E-state index is 0.200. The molecule has 180 valence electrons. The van der Waals surface area contributed by atoms with Crippen molar-refractivity contribution < 1.29 is 32.9 Å². The Labute approximate surface area is 186 Å². The van der Waals surface area contributed by atoms with Crippen LogP contribution in [0.15, 0.2) is 11.0 Å². The Bertz CT molecular complexity index is 851. The van der Waals surface area contributed by atoms with Crippen molar-refractivity contribution in [3.8, 4) is 0 Å². The molecule has 32 heavy (non-hydrogen) atoms. The zero-order valence-corrected chi connectivity index (χ0v) is 19.0. The summed E-state index contributed by atoms with van der Waals surface area (Å²) in [5, 5.41) is 2.17. The minimum atomic E-state index is -1.24. The Kier molecular flexibility index (Phi) is 8.21. The highest BCUT2D eigenvalue weighted by molar-refractivity contribution is 5.83. The maximum atomic E-state index is 14.7. The molecule has 2 aliphatic rings. The summed E-state index contributed by atoms with van der Waals surface area (Å²) in [5.74, 6) is -2.65. The number of carbonyl (C=O) groups excluding carboxylic acids is 1. The number of halogens is 1. The molecule has 2 aliphatic heterocycles. The maximum absolute atomic E-state index is 14.7. The Hall–Kier alpha value is -2.08. The SMILES string of the molecule is CCCCCOC(=O)Nc1nc(=O)n([C@@H]2O[C@H](C)[C@H]3OC(CC)(OCCC)O[C@H]32)cc1F. The number of anilines is 1. The zero-order chi connectivity index (χ0) is 23.3. The van der Waals surface area contributed by atoms with Crippen LogP contribution in [0.2, 0.25) is 0 Å². The van der Waals surface area contributed by atoms with Gasteiger partial charge >= 0.3 is 11.8 Å². The molecular weight excluding hydrogens is 425 g/mol. The number of fused-ring (bicyclic) bond motifs is 1. The van der Waals surface area contributed by atoms with Gasteiger partial charge in [-0.2, -0.15) is 4.98 Å². The average molecular weight is 457 g/mol. The first kappa shape index (κ1) is 24.6. The summed E-state index contributed by atoms with van der Waals surface area (Å²) >= 11 is 0. The van der Waals surface area contributed by atoms with Gasteiger partial charge in [0.25, 0.3) is 5.97 Å². The van der Waals surface area contributed by atoms with E-state index in [4.69, 9.17) is 23.7 Å². The Balaban J connectivity index is 1.73. The van der Waals surface area contributed by atoms with E-state index >= 15 is 0 Å². The molecule has 3 rings (SSSR count). The van der Waals surface area contributed by atoms with E-state index in [1.54, 1.807) is 6.92 Å². The predicted octanol–water partition coefficient (Wildman–Crippen LogP) is 3.31. The second-order valence-corrected chi connectivity index (χ2v) is 7.88. The van der Waals surface area contributed by atoms with Crippen molar-refractivity contribution in [1.29, 1.82) is 0 Å². The summed E-state index contributed by atoms with van der Waals surface area (Å²) in [4.78, 5) is 28.1. The lowest BCUT2D eigenvalue weighted by Crippen LogP contribution is -2.38. The normalized spacial score (nSPS) is 29.2. The van der Waals surface area contributed by atoms with Crippen molar-refractivity contribution in [3.63, 3.8) is 0 Å². The predicted molar refractivity (Wildman–Crippen MR) is 112 cm³/mol. The van der Waals surface area contributed by atoms with Gasteiger partial charge in [-0.1, -0.05) is 33.6 Å². The first-order chi connectivity index (χ1) is 15.3. The lowest BCUT2D eigenvalue weighted by molar-refractivity contribution is -0.357. The van der Waals surface area contributed by atoms with Gasteiger partial charge in [-0.25, -0.2) is 14.0 Å². The summed E-state index contributed by atoms with van der Waals surface area (Å²) < 4.78 is 44.3. The maximum Gasteiger partial charge on any atom is 0.412 e. The number of unbranched alkanes of at least 4 members (excludes halogenated alkanes) is 2. The summed E-state index contributed by atoms with van der Waals surface area (Å²) in [5.41, 5.74) is -0.808. The van der Waals surface area contributed by atoms with Crippen LogP contribution in [0.3, 0.4) is 0 Å². The number of rotatable bonds is 10. The fourth-order valence-corrected chi connectivity index (χ4v) is 3.72. The summed E-state index contributed by atoms with van der Waals surface area (Å²) in [6.07, 6.45) is 1.29. The number of ether oxygens (including phenoxy) is 5. The second kappa shape index (κ2) is 10.7.